The molecule has 0 aliphatic rings. The van der Waals surface area contributed by atoms with Crippen LogP contribution in [0.4, 0.5) is 9.59 Å². The van der Waals surface area contributed by atoms with Gasteiger partial charge in [0.2, 0.25) is 0 Å². The Hall–Kier alpha value is -3.02. The van der Waals surface area contributed by atoms with Crippen molar-refractivity contribution in [3.63, 3.8) is 0 Å². The summed E-state index contributed by atoms with van der Waals surface area (Å²) in [5.74, 6) is 0.458. The molecule has 6 heteroatoms. The van der Waals surface area contributed by atoms with Crippen LogP contribution in [0.25, 0.3) is 11.1 Å². The smallest absolute Gasteiger partial charge is 0.449 e. The zero-order valence-electron chi connectivity index (χ0n) is 10.1. The first kappa shape index (κ1) is 13.4. The number of carbonyl (C=O) groups is 2. The van der Waals surface area contributed by atoms with Gasteiger partial charge in [-0.3, -0.25) is 0 Å². The molecule has 2 aromatic rings. The number of hydrogen-bond acceptors (Lipinski definition) is 4. The number of benzene rings is 2. The summed E-state index contributed by atoms with van der Waals surface area (Å²) in [6.07, 6.45) is -2.74. The number of hydrogen-bond donors (Lipinski definition) is 2. The van der Waals surface area contributed by atoms with E-state index in [1.54, 1.807) is 24.3 Å². The number of rotatable bonds is 3. The van der Waals surface area contributed by atoms with Crippen LogP contribution in [0, 0.1) is 0 Å². The van der Waals surface area contributed by atoms with Gasteiger partial charge in [-0.15, -0.1) is 0 Å². The van der Waals surface area contributed by atoms with Crippen LogP contribution in [-0.4, -0.2) is 22.5 Å². The summed E-state index contributed by atoms with van der Waals surface area (Å²) in [6, 6.07) is 12.9. The van der Waals surface area contributed by atoms with Crippen LogP contribution in [0.15, 0.2) is 48.5 Å². The fourth-order valence-corrected chi connectivity index (χ4v) is 1.63. The molecule has 0 bridgehead atoms. The second-order valence-corrected chi connectivity index (χ2v) is 3.78. The highest BCUT2D eigenvalue weighted by molar-refractivity contribution is 5.67. The first-order valence-electron chi connectivity index (χ1n) is 5.56. The summed E-state index contributed by atoms with van der Waals surface area (Å²) in [6.45, 7) is 0. The Labute approximate surface area is 113 Å². The van der Waals surface area contributed by atoms with Gasteiger partial charge in [0.15, 0.2) is 0 Å². The predicted molar refractivity (Wildman–Crippen MR) is 69.2 cm³/mol. The van der Waals surface area contributed by atoms with Gasteiger partial charge in [-0.05, 0) is 35.4 Å². The highest BCUT2D eigenvalue weighted by Crippen LogP contribution is 2.24. The Morgan fingerprint density at radius 2 is 0.950 bits per heavy atom. The molecule has 102 valence electrons. The molecule has 0 amide bonds. The first-order chi connectivity index (χ1) is 9.54. The van der Waals surface area contributed by atoms with Crippen molar-refractivity contribution in [1.29, 1.82) is 0 Å². The molecule has 0 radical (unpaired) electrons. The number of ether oxygens (including phenoxy) is 2. The van der Waals surface area contributed by atoms with Gasteiger partial charge in [0.05, 0.1) is 0 Å². The summed E-state index contributed by atoms with van der Waals surface area (Å²) in [4.78, 5) is 20.7. The SMILES string of the molecule is O=C(O)Oc1ccc(-c2ccc(OC(=O)O)cc2)cc1. The molecule has 0 aromatic heterocycles. The molecule has 2 aromatic carbocycles. The second kappa shape index (κ2) is 5.75. The van der Waals surface area contributed by atoms with E-state index in [9.17, 15) is 9.59 Å². The minimum Gasteiger partial charge on any atom is -0.449 e. The molecule has 0 spiro atoms. The molecule has 2 rings (SSSR count). The topological polar surface area (TPSA) is 93.1 Å². The van der Waals surface area contributed by atoms with Crippen molar-refractivity contribution >= 4 is 12.3 Å². The summed E-state index contributed by atoms with van der Waals surface area (Å²) in [5.41, 5.74) is 1.68. The largest absolute Gasteiger partial charge is 0.511 e. The van der Waals surface area contributed by atoms with Gasteiger partial charge in [-0.1, -0.05) is 24.3 Å². The highest BCUT2D eigenvalue weighted by atomic mass is 16.7. The second-order valence-electron chi connectivity index (χ2n) is 3.78. The fourth-order valence-electron chi connectivity index (χ4n) is 1.63. The lowest BCUT2D eigenvalue weighted by Crippen LogP contribution is -2.02. The average molecular weight is 274 g/mol. The molecular weight excluding hydrogens is 264 g/mol. The van der Waals surface area contributed by atoms with Crippen molar-refractivity contribution in [3.8, 4) is 22.6 Å². The van der Waals surface area contributed by atoms with E-state index in [2.05, 4.69) is 9.47 Å². The molecule has 20 heavy (non-hydrogen) atoms. The molecule has 0 saturated carbocycles. The lowest BCUT2D eigenvalue weighted by atomic mass is 10.1. The molecule has 0 fully saturated rings. The van der Waals surface area contributed by atoms with Crippen LogP contribution in [0.1, 0.15) is 0 Å². The maximum Gasteiger partial charge on any atom is 0.511 e. The summed E-state index contributed by atoms with van der Waals surface area (Å²) in [5, 5.41) is 16.9. The van der Waals surface area contributed by atoms with Gasteiger partial charge < -0.3 is 19.7 Å². The van der Waals surface area contributed by atoms with Crippen molar-refractivity contribution in [3.05, 3.63) is 48.5 Å². The van der Waals surface area contributed by atoms with Gasteiger partial charge in [0, 0.05) is 0 Å². The monoisotopic (exact) mass is 274 g/mol. The number of carboxylic acid groups (broad SMARTS) is 2. The Morgan fingerprint density at radius 1 is 0.650 bits per heavy atom. The van der Waals surface area contributed by atoms with E-state index in [-0.39, 0.29) is 11.5 Å². The van der Waals surface area contributed by atoms with Crippen molar-refractivity contribution in [2.75, 3.05) is 0 Å². The third-order valence-corrected chi connectivity index (χ3v) is 2.45. The van der Waals surface area contributed by atoms with Crippen molar-refractivity contribution < 1.29 is 29.3 Å². The molecular formula is C14H10O6. The van der Waals surface area contributed by atoms with Gasteiger partial charge >= 0.3 is 12.3 Å². The molecule has 6 nitrogen and oxygen atoms in total. The minimum atomic E-state index is -1.37. The van der Waals surface area contributed by atoms with Crippen molar-refractivity contribution in [2.24, 2.45) is 0 Å². The van der Waals surface area contributed by atoms with Gasteiger partial charge in [-0.2, -0.15) is 0 Å². The Morgan fingerprint density at radius 3 is 1.20 bits per heavy atom. The Bertz CT molecular complexity index is 558. The lowest BCUT2D eigenvalue weighted by molar-refractivity contribution is 0.143. The van der Waals surface area contributed by atoms with Crippen LogP contribution >= 0.6 is 0 Å². The van der Waals surface area contributed by atoms with Crippen LogP contribution < -0.4 is 9.47 Å². The Kier molecular flexibility index (Phi) is 3.85. The van der Waals surface area contributed by atoms with Crippen LogP contribution in [-0.2, 0) is 0 Å². The predicted octanol–water partition coefficient (Wildman–Crippen LogP) is 3.47. The minimum absolute atomic E-state index is 0.229. The van der Waals surface area contributed by atoms with E-state index >= 15 is 0 Å². The molecule has 0 aliphatic carbocycles. The van der Waals surface area contributed by atoms with Gasteiger partial charge in [-0.25, -0.2) is 9.59 Å². The van der Waals surface area contributed by atoms with Crippen molar-refractivity contribution in [1.82, 2.24) is 0 Å². The summed E-state index contributed by atoms with van der Waals surface area (Å²) >= 11 is 0. The summed E-state index contributed by atoms with van der Waals surface area (Å²) < 4.78 is 9.00. The van der Waals surface area contributed by atoms with E-state index in [1.165, 1.54) is 24.3 Å². The molecule has 0 atom stereocenters. The zero-order valence-corrected chi connectivity index (χ0v) is 10.1. The third-order valence-electron chi connectivity index (χ3n) is 2.45. The first-order valence-corrected chi connectivity index (χ1v) is 5.56. The van der Waals surface area contributed by atoms with Gasteiger partial charge in [0.1, 0.15) is 11.5 Å². The van der Waals surface area contributed by atoms with Crippen LogP contribution in [0.3, 0.4) is 0 Å². The van der Waals surface area contributed by atoms with Crippen LogP contribution in [0.2, 0.25) is 0 Å². The molecule has 0 aliphatic heterocycles. The van der Waals surface area contributed by atoms with E-state index in [1.807, 2.05) is 0 Å². The quantitative estimate of drug-likeness (QED) is 0.657. The fraction of sp³-hybridized carbons (Fsp3) is 0. The maximum atomic E-state index is 10.4. The third kappa shape index (κ3) is 3.49. The zero-order chi connectivity index (χ0) is 14.5. The highest BCUT2D eigenvalue weighted by Gasteiger charge is 2.04. The molecule has 0 saturated heterocycles. The molecule has 0 heterocycles. The molecule has 0 unspecified atom stereocenters. The molecule has 2 N–H and O–H groups in total. The maximum absolute atomic E-state index is 10.4. The van der Waals surface area contributed by atoms with E-state index < -0.39 is 12.3 Å². The van der Waals surface area contributed by atoms with E-state index in [0.717, 1.165) is 11.1 Å². The van der Waals surface area contributed by atoms with E-state index in [4.69, 9.17) is 10.2 Å². The van der Waals surface area contributed by atoms with E-state index in [0.29, 0.717) is 0 Å². The Balaban J connectivity index is 2.15. The summed E-state index contributed by atoms with van der Waals surface area (Å²) in [7, 11) is 0. The normalized spacial score (nSPS) is 9.80. The average Bonchev–Trinajstić information content (AvgIpc) is 2.39. The lowest BCUT2D eigenvalue weighted by Gasteiger charge is -2.05. The van der Waals surface area contributed by atoms with Gasteiger partial charge in [0.25, 0.3) is 0 Å². The standard InChI is InChI=1S/C14H10O6/c15-13(16)19-11-5-1-9(2-6-11)10-3-7-12(8-4-10)20-14(17)18/h1-8H,(H,15,16)(H,17,18). The van der Waals surface area contributed by atoms with Crippen LogP contribution in [0.5, 0.6) is 11.5 Å². The van der Waals surface area contributed by atoms with Crippen molar-refractivity contribution in [2.45, 2.75) is 0 Å².